The second-order valence-corrected chi connectivity index (χ2v) is 11.6. The number of carboxylic acid groups (broad SMARTS) is 1. The molecule has 0 spiro atoms. The highest BCUT2D eigenvalue weighted by atomic mass is 19.1. The first kappa shape index (κ1) is 27.4. The number of ether oxygens (including phenoxy) is 2. The van der Waals surface area contributed by atoms with E-state index in [4.69, 9.17) is 9.47 Å². The Kier molecular flexibility index (Phi) is 6.62. The summed E-state index contributed by atoms with van der Waals surface area (Å²) in [6.07, 6.45) is 3.36. The van der Waals surface area contributed by atoms with E-state index in [9.17, 15) is 24.5 Å². The number of hydrogen-bond donors (Lipinski definition) is 3. The van der Waals surface area contributed by atoms with Gasteiger partial charge in [-0.1, -0.05) is 0 Å². The van der Waals surface area contributed by atoms with E-state index in [2.05, 4.69) is 4.98 Å². The molecular weight excluding hydrogens is 532 g/mol. The van der Waals surface area contributed by atoms with Crippen LogP contribution in [0, 0.1) is 37.3 Å². The van der Waals surface area contributed by atoms with E-state index in [1.165, 1.54) is 6.07 Å². The molecule has 0 aliphatic heterocycles. The van der Waals surface area contributed by atoms with Crippen molar-refractivity contribution in [2.75, 3.05) is 6.61 Å². The van der Waals surface area contributed by atoms with Gasteiger partial charge in [0, 0.05) is 46.5 Å². The van der Waals surface area contributed by atoms with Crippen molar-refractivity contribution in [2.45, 2.75) is 58.3 Å². The van der Waals surface area contributed by atoms with Crippen LogP contribution in [0.2, 0.25) is 0 Å². The summed E-state index contributed by atoms with van der Waals surface area (Å²) in [4.78, 5) is 15.6. The molecule has 9 heteroatoms. The van der Waals surface area contributed by atoms with Crippen molar-refractivity contribution in [2.24, 2.45) is 11.8 Å². The molecule has 1 unspecified atom stereocenters. The highest BCUT2D eigenvalue weighted by Gasteiger charge is 2.48. The minimum atomic E-state index is -1.13. The van der Waals surface area contributed by atoms with Crippen molar-refractivity contribution in [1.29, 1.82) is 0 Å². The third kappa shape index (κ3) is 4.87. The lowest BCUT2D eigenvalue weighted by Crippen LogP contribution is -2.49. The Balaban J connectivity index is 1.17. The minimum Gasteiger partial charge on any atom is -0.490 e. The van der Waals surface area contributed by atoms with Crippen LogP contribution < -0.4 is 9.47 Å². The number of aryl methyl sites for hydroxylation is 2. The number of nitrogens with zero attached hydrogens (tertiary/aromatic N) is 1. The average Bonchev–Trinajstić information content (AvgIpc) is 3.48. The SMILES string of the molecule is Cc1cc(O[C@H]2C[C@@H](C(C)(O)CO)C2)cc(C)c1-c1cc(COc2cc3c(cn2)C2=C(C(=O)O)[C@@H]2C3)c(F)cc1F. The number of halogens is 2. The van der Waals surface area contributed by atoms with Gasteiger partial charge in [0.1, 0.15) is 24.0 Å². The van der Waals surface area contributed by atoms with E-state index in [0.717, 1.165) is 33.9 Å². The maximum absolute atomic E-state index is 15.1. The number of aliphatic carboxylic acids is 1. The Morgan fingerprint density at radius 2 is 1.78 bits per heavy atom. The number of hydrogen-bond acceptors (Lipinski definition) is 6. The van der Waals surface area contributed by atoms with Crippen LogP contribution in [0.5, 0.6) is 11.6 Å². The van der Waals surface area contributed by atoms with Gasteiger partial charge >= 0.3 is 5.97 Å². The van der Waals surface area contributed by atoms with Crippen molar-refractivity contribution in [1.82, 2.24) is 4.98 Å². The zero-order valence-electron chi connectivity index (χ0n) is 23.0. The van der Waals surface area contributed by atoms with Gasteiger partial charge < -0.3 is 24.8 Å². The molecule has 0 saturated heterocycles. The van der Waals surface area contributed by atoms with Gasteiger partial charge in [0.25, 0.3) is 0 Å². The molecule has 2 atom stereocenters. The first-order valence-electron chi connectivity index (χ1n) is 13.7. The Hall–Kier alpha value is -3.82. The number of fused-ring (bicyclic) bond motifs is 3. The first-order valence-corrected chi connectivity index (χ1v) is 13.7. The second kappa shape index (κ2) is 9.92. The lowest BCUT2D eigenvalue weighted by Gasteiger charge is -2.43. The number of carboxylic acids is 1. The molecule has 41 heavy (non-hydrogen) atoms. The molecule has 1 aromatic heterocycles. The third-order valence-electron chi connectivity index (χ3n) is 8.70. The molecule has 3 N–H and O–H groups in total. The van der Waals surface area contributed by atoms with Gasteiger partial charge in [-0.3, -0.25) is 0 Å². The van der Waals surface area contributed by atoms with Crippen molar-refractivity contribution in [3.05, 3.63) is 81.6 Å². The van der Waals surface area contributed by atoms with Crippen LogP contribution in [0.15, 0.2) is 42.1 Å². The molecule has 1 heterocycles. The summed E-state index contributed by atoms with van der Waals surface area (Å²) in [6.45, 7) is 4.86. The van der Waals surface area contributed by atoms with Crippen LogP contribution in [0.25, 0.3) is 16.7 Å². The van der Waals surface area contributed by atoms with Crippen LogP contribution in [0.3, 0.4) is 0 Å². The molecule has 7 nitrogen and oxygen atoms in total. The summed E-state index contributed by atoms with van der Waals surface area (Å²) >= 11 is 0. The minimum absolute atomic E-state index is 0.0345. The number of aromatic nitrogens is 1. The van der Waals surface area contributed by atoms with Gasteiger partial charge in [-0.25, -0.2) is 18.6 Å². The molecule has 3 aromatic rings. The number of aliphatic hydroxyl groups excluding tert-OH is 1. The summed E-state index contributed by atoms with van der Waals surface area (Å²) < 4.78 is 41.7. The Morgan fingerprint density at radius 3 is 2.44 bits per heavy atom. The average molecular weight is 564 g/mol. The van der Waals surface area contributed by atoms with E-state index in [0.29, 0.717) is 42.0 Å². The Bertz CT molecular complexity index is 1580. The molecule has 2 aromatic carbocycles. The van der Waals surface area contributed by atoms with Gasteiger partial charge in [0.05, 0.1) is 18.3 Å². The maximum Gasteiger partial charge on any atom is 0.332 e. The Morgan fingerprint density at radius 1 is 1.07 bits per heavy atom. The number of carbonyl (C=O) groups is 1. The number of allylic oxidation sites excluding steroid dienone is 1. The van der Waals surface area contributed by atoms with Gasteiger partial charge in [-0.2, -0.15) is 0 Å². The maximum atomic E-state index is 15.1. The molecule has 0 radical (unpaired) electrons. The van der Waals surface area contributed by atoms with Gasteiger partial charge in [-0.15, -0.1) is 0 Å². The lowest BCUT2D eigenvalue weighted by atomic mass is 9.72. The van der Waals surface area contributed by atoms with Crippen LogP contribution in [-0.4, -0.2) is 44.6 Å². The van der Waals surface area contributed by atoms with E-state index in [1.54, 1.807) is 19.2 Å². The Labute approximate surface area is 236 Å². The van der Waals surface area contributed by atoms with Crippen molar-refractivity contribution in [3.8, 4) is 22.8 Å². The number of rotatable bonds is 9. The van der Waals surface area contributed by atoms with E-state index in [-0.39, 0.29) is 42.3 Å². The summed E-state index contributed by atoms with van der Waals surface area (Å²) in [5, 5.41) is 28.8. The van der Waals surface area contributed by atoms with E-state index < -0.39 is 23.2 Å². The normalized spacial score (nSPS) is 22.0. The highest BCUT2D eigenvalue weighted by molar-refractivity contribution is 6.11. The number of pyridine rings is 1. The summed E-state index contributed by atoms with van der Waals surface area (Å²) in [6, 6.07) is 7.72. The van der Waals surface area contributed by atoms with Crippen LogP contribution in [0.4, 0.5) is 8.78 Å². The molecule has 6 rings (SSSR count). The van der Waals surface area contributed by atoms with Crippen LogP contribution in [-0.2, 0) is 17.8 Å². The smallest absolute Gasteiger partial charge is 0.332 e. The second-order valence-electron chi connectivity index (χ2n) is 11.6. The molecule has 3 aliphatic rings. The molecule has 0 amide bonds. The zero-order chi connectivity index (χ0) is 29.2. The zero-order valence-corrected chi connectivity index (χ0v) is 23.0. The molecular formula is C32H31F2NO6. The van der Waals surface area contributed by atoms with Crippen molar-refractivity contribution < 1.29 is 38.4 Å². The molecule has 3 aliphatic carbocycles. The topological polar surface area (TPSA) is 109 Å². The predicted molar refractivity (Wildman–Crippen MR) is 146 cm³/mol. The van der Waals surface area contributed by atoms with Gasteiger partial charge in [0.2, 0.25) is 5.88 Å². The summed E-state index contributed by atoms with van der Waals surface area (Å²) in [5.74, 6) is -1.48. The predicted octanol–water partition coefficient (Wildman–Crippen LogP) is 5.15. The standard InChI is InChI=1S/C32H31F2NO6/c1-15-4-20(41-21-9-19(10-21)32(3,39)14-36)5-16(2)28(15)22-7-18(25(33)11-26(22)34)13-40-27-8-17-6-23-29(24(17)12-35-27)30(23)31(37)38/h4-5,7-8,11-12,19,21,23,36,39H,6,9-10,13-14H2,1-3H3,(H,37,38)/t19-,21+,23-,32?/m1/s1. The fourth-order valence-electron chi connectivity index (χ4n) is 6.21. The summed E-state index contributed by atoms with van der Waals surface area (Å²) in [5.41, 5.74) is 4.53. The van der Waals surface area contributed by atoms with Crippen molar-refractivity contribution in [3.63, 3.8) is 0 Å². The third-order valence-corrected chi connectivity index (χ3v) is 8.70. The summed E-state index contributed by atoms with van der Waals surface area (Å²) in [7, 11) is 0. The highest BCUT2D eigenvalue weighted by Crippen LogP contribution is 2.55. The van der Waals surface area contributed by atoms with Crippen molar-refractivity contribution >= 4 is 11.5 Å². The quantitative estimate of drug-likeness (QED) is 0.331. The largest absolute Gasteiger partial charge is 0.490 e. The fourth-order valence-corrected chi connectivity index (χ4v) is 6.21. The number of benzene rings is 2. The molecule has 1 saturated carbocycles. The molecule has 1 fully saturated rings. The molecule has 214 valence electrons. The monoisotopic (exact) mass is 563 g/mol. The van der Waals surface area contributed by atoms with Gasteiger partial charge in [-0.05, 0) is 92.0 Å². The number of aliphatic hydroxyl groups is 2. The molecule has 0 bridgehead atoms. The first-order chi connectivity index (χ1) is 19.5. The fraction of sp³-hybridized carbons (Fsp3) is 0.375. The van der Waals surface area contributed by atoms with Crippen LogP contribution in [0.1, 0.15) is 47.6 Å². The lowest BCUT2D eigenvalue weighted by molar-refractivity contribution is -0.132. The van der Waals surface area contributed by atoms with E-state index in [1.807, 2.05) is 26.0 Å². The van der Waals surface area contributed by atoms with Gasteiger partial charge in [0.15, 0.2) is 0 Å². The van der Waals surface area contributed by atoms with E-state index >= 15 is 4.39 Å². The van der Waals surface area contributed by atoms with Crippen LogP contribution >= 0.6 is 0 Å².